The number of unbranched alkanes of at least 4 members (excludes halogenated alkanes) is 4. The molecule has 4 nitrogen and oxygen atoms in total. The van der Waals surface area contributed by atoms with Crippen LogP contribution in [0.25, 0.3) is 0 Å². The molecule has 2 atom stereocenters. The molecular formula is C21H37NO3. The lowest BCUT2D eigenvalue weighted by atomic mass is 10.1. The van der Waals surface area contributed by atoms with Crippen molar-refractivity contribution in [2.24, 2.45) is 0 Å². The Morgan fingerprint density at radius 3 is 2.00 bits per heavy atom. The lowest BCUT2D eigenvalue weighted by Gasteiger charge is -2.19. The van der Waals surface area contributed by atoms with Crippen molar-refractivity contribution >= 4 is 5.91 Å². The Balaban J connectivity index is 3.85. The van der Waals surface area contributed by atoms with Crippen LogP contribution in [0.5, 0.6) is 0 Å². The number of nitrogens with one attached hydrogen (secondary N) is 1. The largest absolute Gasteiger partial charge is 0.394 e. The van der Waals surface area contributed by atoms with E-state index in [2.05, 4.69) is 36.5 Å². The van der Waals surface area contributed by atoms with Crippen LogP contribution in [0.3, 0.4) is 0 Å². The molecule has 1 amide bonds. The van der Waals surface area contributed by atoms with Crippen molar-refractivity contribution in [1.29, 1.82) is 0 Å². The van der Waals surface area contributed by atoms with Gasteiger partial charge in [0.15, 0.2) is 0 Å². The maximum absolute atomic E-state index is 11.5. The SMILES string of the molecule is CCCC/C=C/CC/C=C/CC/C=C/C(O)C(CO)NC(=O)CCC. The first-order valence-electron chi connectivity index (χ1n) is 9.70. The van der Waals surface area contributed by atoms with Gasteiger partial charge in [0.25, 0.3) is 0 Å². The minimum Gasteiger partial charge on any atom is -0.394 e. The molecule has 2 unspecified atom stereocenters. The summed E-state index contributed by atoms with van der Waals surface area (Å²) in [6.45, 7) is 3.85. The Bertz CT molecular complexity index is 402. The second kappa shape index (κ2) is 17.4. The van der Waals surface area contributed by atoms with Gasteiger partial charge < -0.3 is 15.5 Å². The smallest absolute Gasteiger partial charge is 0.220 e. The van der Waals surface area contributed by atoms with Gasteiger partial charge in [0.1, 0.15) is 0 Å². The van der Waals surface area contributed by atoms with Crippen LogP contribution >= 0.6 is 0 Å². The Morgan fingerprint density at radius 2 is 1.48 bits per heavy atom. The van der Waals surface area contributed by atoms with E-state index in [4.69, 9.17) is 0 Å². The summed E-state index contributed by atoms with van der Waals surface area (Å²) in [4.78, 5) is 11.5. The van der Waals surface area contributed by atoms with Gasteiger partial charge in [-0.2, -0.15) is 0 Å². The summed E-state index contributed by atoms with van der Waals surface area (Å²) in [5.41, 5.74) is 0. The molecule has 0 aliphatic rings. The fraction of sp³-hybridized carbons (Fsp3) is 0.667. The zero-order valence-electron chi connectivity index (χ0n) is 16.0. The number of rotatable bonds is 15. The van der Waals surface area contributed by atoms with Gasteiger partial charge in [-0.3, -0.25) is 4.79 Å². The summed E-state index contributed by atoms with van der Waals surface area (Å²) >= 11 is 0. The van der Waals surface area contributed by atoms with Gasteiger partial charge in [-0.1, -0.05) is 63.1 Å². The van der Waals surface area contributed by atoms with Crippen molar-refractivity contribution in [2.75, 3.05) is 6.61 Å². The standard InChI is InChI=1S/C21H37NO3/c1-3-5-6-7-8-9-10-11-12-13-14-15-17-20(24)19(18-23)22-21(25)16-4-2/h7-8,11-12,15,17,19-20,23-24H,3-6,9-10,13-14,16,18H2,1-2H3,(H,22,25)/b8-7+,12-11+,17-15+. The van der Waals surface area contributed by atoms with Crippen LogP contribution in [0.15, 0.2) is 36.5 Å². The summed E-state index contributed by atoms with van der Waals surface area (Å²) < 4.78 is 0. The first-order valence-corrected chi connectivity index (χ1v) is 9.70. The van der Waals surface area contributed by atoms with E-state index in [1.54, 1.807) is 6.08 Å². The molecule has 25 heavy (non-hydrogen) atoms. The average Bonchev–Trinajstić information content (AvgIpc) is 2.60. The van der Waals surface area contributed by atoms with Crippen molar-refractivity contribution in [1.82, 2.24) is 5.32 Å². The van der Waals surface area contributed by atoms with E-state index in [9.17, 15) is 15.0 Å². The zero-order valence-corrected chi connectivity index (χ0v) is 16.0. The average molecular weight is 352 g/mol. The molecule has 0 fully saturated rings. The fourth-order valence-electron chi connectivity index (χ4n) is 2.29. The highest BCUT2D eigenvalue weighted by molar-refractivity contribution is 5.76. The maximum Gasteiger partial charge on any atom is 0.220 e. The fourth-order valence-corrected chi connectivity index (χ4v) is 2.29. The number of aliphatic hydroxyl groups excluding tert-OH is 2. The number of amides is 1. The lowest BCUT2D eigenvalue weighted by Crippen LogP contribution is -2.45. The van der Waals surface area contributed by atoms with Crippen LogP contribution in [0.4, 0.5) is 0 Å². The van der Waals surface area contributed by atoms with E-state index >= 15 is 0 Å². The molecule has 0 aliphatic heterocycles. The Labute approximate surface area is 153 Å². The second-order valence-corrected chi connectivity index (χ2v) is 6.27. The molecular weight excluding hydrogens is 314 g/mol. The molecule has 0 saturated carbocycles. The number of hydrogen-bond donors (Lipinski definition) is 3. The molecule has 144 valence electrons. The van der Waals surface area contributed by atoms with E-state index in [1.807, 2.05) is 13.0 Å². The highest BCUT2D eigenvalue weighted by Crippen LogP contribution is 2.02. The van der Waals surface area contributed by atoms with Crippen LogP contribution in [0.1, 0.15) is 71.6 Å². The number of hydrogen-bond acceptors (Lipinski definition) is 3. The molecule has 0 heterocycles. The van der Waals surface area contributed by atoms with E-state index in [0.717, 1.165) is 32.1 Å². The van der Waals surface area contributed by atoms with Gasteiger partial charge in [0.05, 0.1) is 18.8 Å². The molecule has 0 spiro atoms. The summed E-state index contributed by atoms with van der Waals surface area (Å²) in [5.74, 6) is -0.138. The normalized spacial score (nSPS) is 14.6. The van der Waals surface area contributed by atoms with Crippen molar-refractivity contribution in [3.63, 3.8) is 0 Å². The maximum atomic E-state index is 11.5. The summed E-state index contributed by atoms with van der Waals surface area (Å²) in [7, 11) is 0. The van der Waals surface area contributed by atoms with E-state index < -0.39 is 12.1 Å². The minimum atomic E-state index is -0.858. The third-order valence-electron chi connectivity index (χ3n) is 3.82. The molecule has 0 aliphatic carbocycles. The monoisotopic (exact) mass is 351 g/mol. The van der Waals surface area contributed by atoms with Gasteiger partial charge in [-0.15, -0.1) is 0 Å². The summed E-state index contributed by atoms with van der Waals surface area (Å²) in [6.07, 6.45) is 20.3. The molecule has 0 aromatic heterocycles. The lowest BCUT2D eigenvalue weighted by molar-refractivity contribution is -0.122. The quantitative estimate of drug-likeness (QED) is 0.308. The molecule has 0 saturated heterocycles. The van der Waals surface area contributed by atoms with Crippen LogP contribution in [-0.4, -0.2) is 34.9 Å². The van der Waals surface area contributed by atoms with Gasteiger partial charge in [-0.25, -0.2) is 0 Å². The number of aliphatic hydroxyl groups is 2. The molecule has 0 bridgehead atoms. The zero-order chi connectivity index (χ0) is 18.8. The van der Waals surface area contributed by atoms with Gasteiger partial charge in [0.2, 0.25) is 5.91 Å². The Kier molecular flexibility index (Phi) is 16.5. The van der Waals surface area contributed by atoms with Gasteiger partial charge in [-0.05, 0) is 38.5 Å². The highest BCUT2D eigenvalue weighted by Gasteiger charge is 2.17. The molecule has 4 heteroatoms. The second-order valence-electron chi connectivity index (χ2n) is 6.27. The van der Waals surface area contributed by atoms with E-state index in [-0.39, 0.29) is 12.5 Å². The predicted octanol–water partition coefficient (Wildman–Crippen LogP) is 4.04. The van der Waals surface area contributed by atoms with Gasteiger partial charge >= 0.3 is 0 Å². The number of carbonyl (C=O) groups excluding carboxylic acids is 1. The van der Waals surface area contributed by atoms with E-state index in [0.29, 0.717) is 6.42 Å². The highest BCUT2D eigenvalue weighted by atomic mass is 16.3. The van der Waals surface area contributed by atoms with Crippen LogP contribution in [-0.2, 0) is 4.79 Å². The predicted molar refractivity (Wildman–Crippen MR) is 105 cm³/mol. The van der Waals surface area contributed by atoms with Crippen molar-refractivity contribution < 1.29 is 15.0 Å². The Morgan fingerprint density at radius 1 is 0.920 bits per heavy atom. The first kappa shape index (κ1) is 23.6. The third-order valence-corrected chi connectivity index (χ3v) is 3.82. The van der Waals surface area contributed by atoms with Crippen molar-refractivity contribution in [2.45, 2.75) is 83.8 Å². The summed E-state index contributed by atoms with van der Waals surface area (Å²) in [6, 6.07) is -0.634. The molecule has 0 aromatic carbocycles. The topological polar surface area (TPSA) is 69.6 Å². The molecule has 3 N–H and O–H groups in total. The minimum absolute atomic E-state index is 0.138. The third kappa shape index (κ3) is 14.6. The molecule has 0 radical (unpaired) electrons. The molecule has 0 aromatic rings. The van der Waals surface area contributed by atoms with Crippen molar-refractivity contribution in [3.8, 4) is 0 Å². The van der Waals surface area contributed by atoms with E-state index in [1.165, 1.54) is 19.3 Å². The molecule has 0 rings (SSSR count). The number of carbonyl (C=O) groups is 1. The van der Waals surface area contributed by atoms with Crippen LogP contribution in [0, 0.1) is 0 Å². The van der Waals surface area contributed by atoms with Gasteiger partial charge in [0, 0.05) is 6.42 Å². The Hall–Kier alpha value is -1.39. The summed E-state index contributed by atoms with van der Waals surface area (Å²) in [5, 5.41) is 21.9. The number of allylic oxidation sites excluding steroid dienone is 5. The first-order chi connectivity index (χ1) is 12.2. The van der Waals surface area contributed by atoms with Crippen LogP contribution < -0.4 is 5.32 Å². The van der Waals surface area contributed by atoms with Crippen LogP contribution in [0.2, 0.25) is 0 Å². The van der Waals surface area contributed by atoms with Crippen molar-refractivity contribution in [3.05, 3.63) is 36.5 Å².